The van der Waals surface area contributed by atoms with Crippen molar-refractivity contribution in [2.75, 3.05) is 30.4 Å². The lowest BCUT2D eigenvalue weighted by atomic mass is 9.96. The van der Waals surface area contributed by atoms with Gasteiger partial charge in [-0.05, 0) is 29.9 Å². The second-order valence-electron chi connectivity index (χ2n) is 7.74. The second-order valence-corrected chi connectivity index (χ2v) is 8.49. The van der Waals surface area contributed by atoms with Gasteiger partial charge in [0.1, 0.15) is 17.4 Å². The van der Waals surface area contributed by atoms with E-state index >= 15 is 0 Å². The molecule has 1 aliphatic heterocycles. The third kappa shape index (κ3) is 4.53. The summed E-state index contributed by atoms with van der Waals surface area (Å²) in [5.74, 6) is -2.05. The number of methoxy groups -OCH3 is 1. The molecule has 1 aromatic carbocycles. The fourth-order valence-corrected chi connectivity index (χ4v) is 4.53. The Balaban J connectivity index is 1.56. The molecule has 1 aliphatic rings. The molecular formula is C21H22F2N6O2S. The zero-order chi connectivity index (χ0) is 22.8. The summed E-state index contributed by atoms with van der Waals surface area (Å²) < 4.78 is 37.6. The van der Waals surface area contributed by atoms with E-state index in [1.54, 1.807) is 6.20 Å². The number of aromatic nitrogens is 3. The van der Waals surface area contributed by atoms with Crippen LogP contribution in [0.4, 0.5) is 20.2 Å². The SMILES string of the molecule is COc1cc(F)c(-c2nc(C(=O)Nc3cnccc3N3C[C@H](C)C[C@H](N)C3)ns2)c(F)c1. The Hall–Kier alpha value is -3.18. The van der Waals surface area contributed by atoms with Gasteiger partial charge in [-0.15, -0.1) is 0 Å². The molecule has 32 heavy (non-hydrogen) atoms. The molecule has 4 rings (SSSR count). The van der Waals surface area contributed by atoms with E-state index in [0.717, 1.165) is 42.3 Å². The minimum absolute atomic E-state index is 0.0347. The molecule has 0 aliphatic carbocycles. The molecular weight excluding hydrogens is 438 g/mol. The first-order valence-electron chi connectivity index (χ1n) is 9.98. The third-order valence-electron chi connectivity index (χ3n) is 5.17. The summed E-state index contributed by atoms with van der Waals surface area (Å²) in [5.41, 5.74) is 7.08. The smallest absolute Gasteiger partial charge is 0.294 e. The highest BCUT2D eigenvalue weighted by Gasteiger charge is 2.25. The van der Waals surface area contributed by atoms with Gasteiger partial charge in [0, 0.05) is 37.5 Å². The predicted octanol–water partition coefficient (Wildman–Crippen LogP) is 3.31. The first-order chi connectivity index (χ1) is 15.4. The number of nitrogens with zero attached hydrogens (tertiary/aromatic N) is 4. The molecule has 0 radical (unpaired) electrons. The molecule has 168 valence electrons. The average Bonchev–Trinajstić information content (AvgIpc) is 3.22. The standard InChI is InChI=1S/C21H22F2N6O2S/c1-11-5-12(24)10-29(9-11)17-3-4-25-8-16(17)26-20(30)19-27-21(32-28-19)18-14(22)6-13(31-2)7-15(18)23/h3-4,6-8,11-12H,5,9-10,24H2,1-2H3,(H,26,30)/t11-,12+/m1/s1. The predicted molar refractivity (Wildman–Crippen MR) is 118 cm³/mol. The zero-order valence-electron chi connectivity index (χ0n) is 17.5. The molecule has 3 heterocycles. The maximum absolute atomic E-state index is 14.4. The van der Waals surface area contributed by atoms with Crippen LogP contribution in [-0.2, 0) is 0 Å². The van der Waals surface area contributed by atoms with Crippen LogP contribution >= 0.6 is 11.5 Å². The van der Waals surface area contributed by atoms with Gasteiger partial charge in [0.25, 0.3) is 5.91 Å². The number of nitrogens with one attached hydrogen (secondary N) is 1. The number of piperidine rings is 1. The summed E-state index contributed by atoms with van der Waals surface area (Å²) >= 11 is 0.731. The maximum Gasteiger partial charge on any atom is 0.294 e. The average molecular weight is 461 g/mol. The lowest BCUT2D eigenvalue weighted by molar-refractivity contribution is 0.101. The van der Waals surface area contributed by atoms with Gasteiger partial charge in [0.15, 0.2) is 5.01 Å². The van der Waals surface area contributed by atoms with Gasteiger partial charge >= 0.3 is 0 Å². The van der Waals surface area contributed by atoms with E-state index in [1.165, 1.54) is 13.3 Å². The normalized spacial score (nSPS) is 18.5. The van der Waals surface area contributed by atoms with E-state index in [2.05, 4.69) is 31.5 Å². The number of carbonyl (C=O) groups is 1. The Morgan fingerprint density at radius 1 is 1.31 bits per heavy atom. The minimum atomic E-state index is -0.852. The lowest BCUT2D eigenvalue weighted by Crippen LogP contribution is -2.46. The zero-order valence-corrected chi connectivity index (χ0v) is 18.3. The highest BCUT2D eigenvalue weighted by atomic mass is 32.1. The molecule has 2 aromatic heterocycles. The van der Waals surface area contributed by atoms with E-state index in [-0.39, 0.29) is 28.2 Å². The maximum atomic E-state index is 14.4. The molecule has 0 spiro atoms. The Bertz CT molecular complexity index is 1110. The van der Waals surface area contributed by atoms with Crippen molar-refractivity contribution in [2.24, 2.45) is 11.7 Å². The Morgan fingerprint density at radius 3 is 2.75 bits per heavy atom. The van der Waals surface area contributed by atoms with Crippen molar-refractivity contribution in [1.29, 1.82) is 0 Å². The number of hydrogen-bond donors (Lipinski definition) is 2. The lowest BCUT2D eigenvalue weighted by Gasteiger charge is -2.37. The Morgan fingerprint density at radius 2 is 2.06 bits per heavy atom. The number of rotatable bonds is 5. The summed E-state index contributed by atoms with van der Waals surface area (Å²) in [6.45, 7) is 3.59. The summed E-state index contributed by atoms with van der Waals surface area (Å²) in [5, 5.41) is 2.71. The Kier molecular flexibility index (Phi) is 6.28. The van der Waals surface area contributed by atoms with E-state index in [1.807, 2.05) is 6.07 Å². The number of benzene rings is 1. The van der Waals surface area contributed by atoms with Gasteiger partial charge in [-0.2, -0.15) is 4.37 Å². The number of halogens is 2. The van der Waals surface area contributed by atoms with Gasteiger partial charge in [-0.25, -0.2) is 13.8 Å². The molecule has 3 aromatic rings. The van der Waals surface area contributed by atoms with Crippen molar-refractivity contribution >= 4 is 28.8 Å². The molecule has 1 amide bonds. The quantitative estimate of drug-likeness (QED) is 0.602. The highest BCUT2D eigenvalue weighted by molar-refractivity contribution is 7.09. The molecule has 11 heteroatoms. The van der Waals surface area contributed by atoms with Crippen LogP contribution in [0.3, 0.4) is 0 Å². The van der Waals surface area contributed by atoms with E-state index in [0.29, 0.717) is 18.2 Å². The van der Waals surface area contributed by atoms with Crippen LogP contribution in [0.1, 0.15) is 24.0 Å². The molecule has 8 nitrogen and oxygen atoms in total. The monoisotopic (exact) mass is 460 g/mol. The minimum Gasteiger partial charge on any atom is -0.497 e. The van der Waals surface area contributed by atoms with Crippen LogP contribution < -0.4 is 20.7 Å². The van der Waals surface area contributed by atoms with Crippen molar-refractivity contribution in [3.05, 3.63) is 48.1 Å². The summed E-state index contributed by atoms with van der Waals surface area (Å²) in [6, 6.07) is 3.94. The van der Waals surface area contributed by atoms with Crippen LogP contribution in [0, 0.1) is 17.6 Å². The summed E-state index contributed by atoms with van der Waals surface area (Å²) in [4.78, 5) is 23.0. The number of amides is 1. The number of ether oxygens (including phenoxy) is 1. The van der Waals surface area contributed by atoms with Gasteiger partial charge in [0.2, 0.25) is 5.82 Å². The second kappa shape index (κ2) is 9.13. The molecule has 0 unspecified atom stereocenters. The number of nitrogens with two attached hydrogens (primary N) is 1. The highest BCUT2D eigenvalue weighted by Crippen LogP contribution is 2.32. The van der Waals surface area contributed by atoms with Crippen molar-refractivity contribution < 1.29 is 18.3 Å². The molecule has 0 bridgehead atoms. The van der Waals surface area contributed by atoms with Crippen LogP contribution in [0.2, 0.25) is 0 Å². The summed E-state index contributed by atoms with van der Waals surface area (Å²) in [6.07, 6.45) is 4.12. The van der Waals surface area contributed by atoms with Crippen LogP contribution in [0.15, 0.2) is 30.6 Å². The van der Waals surface area contributed by atoms with Gasteiger partial charge in [-0.1, -0.05) is 6.92 Å². The first-order valence-corrected chi connectivity index (χ1v) is 10.8. The van der Waals surface area contributed by atoms with Crippen LogP contribution in [0.5, 0.6) is 5.75 Å². The van der Waals surface area contributed by atoms with Gasteiger partial charge < -0.3 is 20.7 Å². The Labute approximate surface area is 187 Å². The van der Waals surface area contributed by atoms with Crippen LogP contribution in [0.25, 0.3) is 10.6 Å². The molecule has 3 N–H and O–H groups in total. The summed E-state index contributed by atoms with van der Waals surface area (Å²) in [7, 11) is 1.31. The number of carbonyl (C=O) groups excluding carboxylic acids is 1. The fourth-order valence-electron chi connectivity index (χ4n) is 3.82. The number of hydrogen-bond acceptors (Lipinski definition) is 8. The topological polar surface area (TPSA) is 106 Å². The molecule has 0 saturated carbocycles. The molecule has 1 saturated heterocycles. The molecule has 2 atom stereocenters. The van der Waals surface area contributed by atoms with E-state index in [9.17, 15) is 13.6 Å². The van der Waals surface area contributed by atoms with Crippen molar-refractivity contribution in [3.63, 3.8) is 0 Å². The number of pyridine rings is 1. The first kappa shape index (κ1) is 22.0. The van der Waals surface area contributed by atoms with Crippen molar-refractivity contribution in [2.45, 2.75) is 19.4 Å². The number of anilines is 2. The van der Waals surface area contributed by atoms with Crippen molar-refractivity contribution in [1.82, 2.24) is 14.3 Å². The van der Waals surface area contributed by atoms with E-state index < -0.39 is 17.5 Å². The van der Waals surface area contributed by atoms with Gasteiger partial charge in [-0.3, -0.25) is 9.78 Å². The molecule has 1 fully saturated rings. The fraction of sp³-hybridized carbons (Fsp3) is 0.333. The third-order valence-corrected chi connectivity index (χ3v) is 5.91. The van der Waals surface area contributed by atoms with Crippen molar-refractivity contribution in [3.8, 4) is 16.3 Å². The van der Waals surface area contributed by atoms with E-state index in [4.69, 9.17) is 10.5 Å². The largest absolute Gasteiger partial charge is 0.497 e. The van der Waals surface area contributed by atoms with Crippen LogP contribution in [-0.4, -0.2) is 46.5 Å². The van der Waals surface area contributed by atoms with Gasteiger partial charge in [0.05, 0.1) is 30.2 Å².